The molecule has 1 aromatic rings. The smallest absolute Gasteiger partial charge is 0.291 e. The molecule has 1 aromatic heterocycles. The molecule has 0 spiro atoms. The molecule has 6 nitrogen and oxygen atoms in total. The predicted octanol–water partition coefficient (Wildman–Crippen LogP) is 2.04. The lowest BCUT2D eigenvalue weighted by Crippen LogP contribution is -2.40. The highest BCUT2D eigenvalue weighted by molar-refractivity contribution is 5.91. The van der Waals surface area contributed by atoms with Gasteiger partial charge < -0.3 is 15.5 Å². The summed E-state index contributed by atoms with van der Waals surface area (Å²) in [5, 5.41) is 0. The molecule has 2 aliphatic rings. The van der Waals surface area contributed by atoms with Crippen LogP contribution in [-0.4, -0.2) is 52.5 Å². The van der Waals surface area contributed by atoms with Crippen molar-refractivity contribution in [2.24, 2.45) is 5.73 Å². The number of carbonyl (C=O) groups is 1. The molecule has 1 aliphatic carbocycles. The first-order valence-corrected chi connectivity index (χ1v) is 9.18. The van der Waals surface area contributed by atoms with Crippen LogP contribution in [0.5, 0.6) is 0 Å². The second kappa shape index (κ2) is 7.05. The Kier molecular flexibility index (Phi) is 5.04. The molecular weight excluding hydrogens is 302 g/mol. The molecular formula is C18H29N5O. The summed E-state index contributed by atoms with van der Waals surface area (Å²) in [6.45, 7) is 8.43. The second-order valence-electron chi connectivity index (χ2n) is 7.11. The zero-order valence-corrected chi connectivity index (χ0v) is 15.1. The monoisotopic (exact) mass is 331 g/mol. The fourth-order valence-electron chi connectivity index (χ4n) is 3.91. The molecule has 2 heterocycles. The van der Waals surface area contributed by atoms with Gasteiger partial charge in [-0.05, 0) is 40.0 Å². The van der Waals surface area contributed by atoms with Gasteiger partial charge in [-0.2, -0.15) is 0 Å². The summed E-state index contributed by atoms with van der Waals surface area (Å²) in [4.78, 5) is 26.3. The van der Waals surface area contributed by atoms with Crippen LogP contribution in [0.4, 0.5) is 5.82 Å². The standard InChI is InChI=1S/C18H29N5O/c1-4-23(15-7-5-6-8-15)18(24)16-20-13(3)12(2)17(21-16)22-10-9-14(19)11-22/h14-15H,4-11,19H2,1-3H3/t14-/m1/s1. The third kappa shape index (κ3) is 3.24. The largest absolute Gasteiger partial charge is 0.355 e. The van der Waals surface area contributed by atoms with Crippen molar-refractivity contribution in [2.75, 3.05) is 24.5 Å². The lowest BCUT2D eigenvalue weighted by atomic mass is 10.2. The number of hydrogen-bond acceptors (Lipinski definition) is 5. The van der Waals surface area contributed by atoms with E-state index in [4.69, 9.17) is 5.73 Å². The summed E-state index contributed by atoms with van der Waals surface area (Å²) in [6, 6.07) is 0.529. The fraction of sp³-hybridized carbons (Fsp3) is 0.722. The molecule has 132 valence electrons. The maximum Gasteiger partial charge on any atom is 0.291 e. The Labute approximate surface area is 144 Å². The minimum absolute atomic E-state index is 0.0303. The van der Waals surface area contributed by atoms with Gasteiger partial charge in [0.2, 0.25) is 5.82 Å². The van der Waals surface area contributed by atoms with E-state index in [-0.39, 0.29) is 11.9 Å². The van der Waals surface area contributed by atoms with Crippen LogP contribution in [0.2, 0.25) is 0 Å². The van der Waals surface area contributed by atoms with E-state index < -0.39 is 0 Å². The SMILES string of the molecule is CCN(C(=O)c1nc(C)c(C)c(N2CC[C@@H](N)C2)n1)C1CCCC1. The Morgan fingerprint density at radius 1 is 1.25 bits per heavy atom. The Hall–Kier alpha value is -1.69. The highest BCUT2D eigenvalue weighted by atomic mass is 16.2. The molecule has 1 amide bonds. The molecule has 0 radical (unpaired) electrons. The Morgan fingerprint density at radius 3 is 2.54 bits per heavy atom. The van der Waals surface area contributed by atoms with Gasteiger partial charge >= 0.3 is 0 Å². The van der Waals surface area contributed by atoms with Crippen molar-refractivity contribution >= 4 is 11.7 Å². The highest BCUT2D eigenvalue weighted by Gasteiger charge is 2.30. The Balaban J connectivity index is 1.89. The van der Waals surface area contributed by atoms with Crippen LogP contribution in [0.3, 0.4) is 0 Å². The average Bonchev–Trinajstić information content (AvgIpc) is 3.22. The van der Waals surface area contributed by atoms with Crippen molar-refractivity contribution in [2.45, 2.75) is 65.0 Å². The summed E-state index contributed by atoms with van der Waals surface area (Å²) in [7, 11) is 0. The van der Waals surface area contributed by atoms with Gasteiger partial charge in [0.05, 0.1) is 0 Å². The number of aromatic nitrogens is 2. The number of nitrogens with two attached hydrogens (primary N) is 1. The lowest BCUT2D eigenvalue weighted by Gasteiger charge is -2.28. The van der Waals surface area contributed by atoms with Crippen LogP contribution >= 0.6 is 0 Å². The molecule has 2 N–H and O–H groups in total. The number of rotatable bonds is 4. The van der Waals surface area contributed by atoms with E-state index >= 15 is 0 Å². The second-order valence-corrected chi connectivity index (χ2v) is 7.11. The van der Waals surface area contributed by atoms with Crippen LogP contribution in [0.25, 0.3) is 0 Å². The van der Waals surface area contributed by atoms with Crippen LogP contribution in [0, 0.1) is 13.8 Å². The van der Waals surface area contributed by atoms with Crippen LogP contribution in [0.1, 0.15) is 60.9 Å². The number of amides is 1. The summed E-state index contributed by atoms with van der Waals surface area (Å²) < 4.78 is 0. The van der Waals surface area contributed by atoms with Crippen molar-refractivity contribution in [1.29, 1.82) is 0 Å². The molecule has 1 saturated heterocycles. The third-order valence-corrected chi connectivity index (χ3v) is 5.45. The van der Waals surface area contributed by atoms with E-state index in [0.717, 1.165) is 49.4 Å². The van der Waals surface area contributed by atoms with Gasteiger partial charge in [0, 0.05) is 43.0 Å². The summed E-state index contributed by atoms with van der Waals surface area (Å²) >= 11 is 0. The number of hydrogen-bond donors (Lipinski definition) is 1. The van der Waals surface area contributed by atoms with E-state index in [0.29, 0.717) is 18.4 Å². The zero-order valence-electron chi connectivity index (χ0n) is 15.1. The van der Waals surface area contributed by atoms with E-state index in [1.165, 1.54) is 12.8 Å². The van der Waals surface area contributed by atoms with E-state index in [9.17, 15) is 4.79 Å². The quantitative estimate of drug-likeness (QED) is 0.914. The zero-order chi connectivity index (χ0) is 17.3. The van der Waals surface area contributed by atoms with Crippen molar-refractivity contribution in [3.05, 3.63) is 17.1 Å². The highest BCUT2D eigenvalue weighted by Crippen LogP contribution is 2.26. The minimum Gasteiger partial charge on any atom is -0.355 e. The summed E-state index contributed by atoms with van der Waals surface area (Å²) in [6.07, 6.45) is 5.57. The van der Waals surface area contributed by atoms with Gasteiger partial charge in [0.25, 0.3) is 5.91 Å². The van der Waals surface area contributed by atoms with Crippen molar-refractivity contribution in [3.8, 4) is 0 Å². The molecule has 1 aliphatic heterocycles. The number of nitrogens with zero attached hydrogens (tertiary/aromatic N) is 4. The van der Waals surface area contributed by atoms with Gasteiger partial charge in [-0.25, -0.2) is 9.97 Å². The normalized spacial score (nSPS) is 21.5. The van der Waals surface area contributed by atoms with E-state index in [1.807, 2.05) is 25.7 Å². The molecule has 2 fully saturated rings. The van der Waals surface area contributed by atoms with Crippen LogP contribution in [-0.2, 0) is 0 Å². The predicted molar refractivity (Wildman–Crippen MR) is 95.3 cm³/mol. The molecule has 1 saturated carbocycles. The van der Waals surface area contributed by atoms with Gasteiger partial charge in [-0.3, -0.25) is 4.79 Å². The Morgan fingerprint density at radius 2 is 1.96 bits per heavy atom. The van der Waals surface area contributed by atoms with Crippen molar-refractivity contribution < 1.29 is 4.79 Å². The topological polar surface area (TPSA) is 75.4 Å². The number of aryl methyl sites for hydroxylation is 1. The number of anilines is 1. The van der Waals surface area contributed by atoms with E-state index in [1.54, 1.807) is 0 Å². The van der Waals surface area contributed by atoms with E-state index in [2.05, 4.69) is 14.9 Å². The first kappa shape index (κ1) is 17.1. The average molecular weight is 331 g/mol. The van der Waals surface area contributed by atoms with Gasteiger partial charge in [0.1, 0.15) is 5.82 Å². The van der Waals surface area contributed by atoms with Crippen LogP contribution in [0.15, 0.2) is 0 Å². The molecule has 1 atom stereocenters. The maximum atomic E-state index is 13.0. The molecule has 6 heteroatoms. The molecule has 3 rings (SSSR count). The van der Waals surface area contributed by atoms with Crippen molar-refractivity contribution in [1.82, 2.24) is 14.9 Å². The molecule has 24 heavy (non-hydrogen) atoms. The Bertz CT molecular complexity index is 612. The van der Waals surface area contributed by atoms with Gasteiger partial charge in [-0.1, -0.05) is 12.8 Å². The summed E-state index contributed by atoms with van der Waals surface area (Å²) in [5.41, 5.74) is 7.97. The first-order valence-electron chi connectivity index (χ1n) is 9.18. The molecule has 0 bridgehead atoms. The minimum atomic E-state index is -0.0303. The first-order chi connectivity index (χ1) is 11.5. The fourth-order valence-corrected chi connectivity index (χ4v) is 3.91. The maximum absolute atomic E-state index is 13.0. The van der Waals surface area contributed by atoms with Crippen molar-refractivity contribution in [3.63, 3.8) is 0 Å². The summed E-state index contributed by atoms with van der Waals surface area (Å²) in [5.74, 6) is 1.18. The molecule has 0 aromatic carbocycles. The molecule has 0 unspecified atom stereocenters. The third-order valence-electron chi connectivity index (χ3n) is 5.45. The number of carbonyl (C=O) groups excluding carboxylic acids is 1. The van der Waals surface area contributed by atoms with Gasteiger partial charge in [0.15, 0.2) is 0 Å². The van der Waals surface area contributed by atoms with Crippen LogP contribution < -0.4 is 10.6 Å². The van der Waals surface area contributed by atoms with Gasteiger partial charge in [-0.15, -0.1) is 0 Å². The lowest BCUT2D eigenvalue weighted by molar-refractivity contribution is 0.0680.